The van der Waals surface area contributed by atoms with Crippen molar-refractivity contribution in [2.75, 3.05) is 24.5 Å². The number of halogens is 1. The number of sulfonamides is 1. The Kier molecular flexibility index (Phi) is 4.62. The molecule has 2 rings (SSSR count). The highest BCUT2D eigenvalue weighted by Crippen LogP contribution is 2.23. The SMILES string of the molecule is CCN(CC1CCCN1)c1ccc(S(N)(=O)=O)cc1F. The molecule has 1 aliphatic heterocycles. The molecule has 3 N–H and O–H groups in total. The van der Waals surface area contributed by atoms with Gasteiger partial charge in [-0.3, -0.25) is 0 Å². The minimum absolute atomic E-state index is 0.200. The average Bonchev–Trinajstić information content (AvgIpc) is 2.88. The van der Waals surface area contributed by atoms with Crippen LogP contribution in [0.1, 0.15) is 19.8 Å². The van der Waals surface area contributed by atoms with Crippen LogP contribution in [-0.2, 0) is 10.0 Å². The van der Waals surface area contributed by atoms with Gasteiger partial charge in [0.2, 0.25) is 10.0 Å². The zero-order valence-corrected chi connectivity index (χ0v) is 12.3. The quantitative estimate of drug-likeness (QED) is 0.852. The summed E-state index contributed by atoms with van der Waals surface area (Å²) in [6.45, 7) is 4.31. The summed E-state index contributed by atoms with van der Waals surface area (Å²) in [5.74, 6) is -0.559. The van der Waals surface area contributed by atoms with Crippen LogP contribution in [0.25, 0.3) is 0 Å². The molecule has 0 bridgehead atoms. The van der Waals surface area contributed by atoms with Gasteiger partial charge in [-0.05, 0) is 44.5 Å². The summed E-state index contributed by atoms with van der Waals surface area (Å²) >= 11 is 0. The second kappa shape index (κ2) is 6.07. The summed E-state index contributed by atoms with van der Waals surface area (Å²) in [4.78, 5) is 1.71. The zero-order valence-electron chi connectivity index (χ0n) is 11.5. The van der Waals surface area contributed by atoms with Crippen LogP contribution in [0.2, 0.25) is 0 Å². The minimum atomic E-state index is -3.87. The highest BCUT2D eigenvalue weighted by Gasteiger charge is 2.20. The van der Waals surface area contributed by atoms with Gasteiger partial charge >= 0.3 is 0 Å². The van der Waals surface area contributed by atoms with Gasteiger partial charge in [0.25, 0.3) is 0 Å². The van der Waals surface area contributed by atoms with Crippen molar-refractivity contribution in [2.45, 2.75) is 30.7 Å². The number of anilines is 1. The van der Waals surface area contributed by atoms with Crippen LogP contribution in [0.5, 0.6) is 0 Å². The molecule has 0 aromatic heterocycles. The molecule has 1 heterocycles. The van der Waals surface area contributed by atoms with Crippen LogP contribution in [0.15, 0.2) is 23.1 Å². The van der Waals surface area contributed by atoms with Gasteiger partial charge in [0.1, 0.15) is 5.82 Å². The molecular formula is C13H20FN3O2S. The van der Waals surface area contributed by atoms with Gasteiger partial charge in [0.15, 0.2) is 0 Å². The van der Waals surface area contributed by atoms with Gasteiger partial charge in [0, 0.05) is 19.1 Å². The third kappa shape index (κ3) is 3.47. The largest absolute Gasteiger partial charge is 0.368 e. The van der Waals surface area contributed by atoms with E-state index in [0.29, 0.717) is 24.8 Å². The Labute approximate surface area is 119 Å². The van der Waals surface area contributed by atoms with Crippen molar-refractivity contribution in [3.8, 4) is 0 Å². The smallest absolute Gasteiger partial charge is 0.238 e. The fourth-order valence-electron chi connectivity index (χ4n) is 2.50. The molecule has 112 valence electrons. The van der Waals surface area contributed by atoms with Crippen LogP contribution in [-0.4, -0.2) is 34.1 Å². The molecule has 0 saturated carbocycles. The Balaban J connectivity index is 2.21. The van der Waals surface area contributed by atoms with Gasteiger partial charge in [-0.15, -0.1) is 0 Å². The molecular weight excluding hydrogens is 281 g/mol. The van der Waals surface area contributed by atoms with E-state index in [4.69, 9.17) is 5.14 Å². The van der Waals surface area contributed by atoms with Crippen molar-refractivity contribution in [1.82, 2.24) is 5.32 Å². The predicted molar refractivity (Wildman–Crippen MR) is 76.7 cm³/mol. The molecule has 5 nitrogen and oxygen atoms in total. The van der Waals surface area contributed by atoms with Crippen molar-refractivity contribution >= 4 is 15.7 Å². The first-order valence-corrected chi connectivity index (χ1v) is 8.27. The van der Waals surface area contributed by atoms with Crippen LogP contribution in [0.4, 0.5) is 10.1 Å². The Bertz CT molecular complexity index is 571. The van der Waals surface area contributed by atoms with E-state index in [1.165, 1.54) is 12.1 Å². The first-order valence-electron chi connectivity index (χ1n) is 6.72. The van der Waals surface area contributed by atoms with E-state index in [0.717, 1.165) is 25.5 Å². The first-order chi connectivity index (χ1) is 9.41. The third-order valence-corrected chi connectivity index (χ3v) is 4.48. The zero-order chi connectivity index (χ0) is 14.8. The molecule has 1 aromatic carbocycles. The second-order valence-corrected chi connectivity index (χ2v) is 6.55. The first kappa shape index (κ1) is 15.2. The number of likely N-dealkylation sites (N-methyl/N-ethyl adjacent to an activating group) is 1. The van der Waals surface area contributed by atoms with E-state index in [9.17, 15) is 12.8 Å². The number of hydrogen-bond acceptors (Lipinski definition) is 4. The minimum Gasteiger partial charge on any atom is -0.368 e. The summed E-state index contributed by atoms with van der Waals surface area (Å²) in [7, 11) is -3.87. The van der Waals surface area contributed by atoms with Crippen molar-refractivity contribution in [1.29, 1.82) is 0 Å². The molecule has 1 aromatic rings. The lowest BCUT2D eigenvalue weighted by Crippen LogP contribution is -2.38. The lowest BCUT2D eigenvalue weighted by atomic mass is 10.2. The summed E-state index contributed by atoms with van der Waals surface area (Å²) in [6, 6.07) is 4.16. The van der Waals surface area contributed by atoms with Crippen LogP contribution in [0.3, 0.4) is 0 Å². The maximum Gasteiger partial charge on any atom is 0.238 e. The maximum absolute atomic E-state index is 14.1. The number of nitrogens with two attached hydrogens (primary N) is 1. The molecule has 20 heavy (non-hydrogen) atoms. The number of rotatable bonds is 5. The van der Waals surface area contributed by atoms with Crippen molar-refractivity contribution in [2.24, 2.45) is 5.14 Å². The number of nitrogens with zero attached hydrogens (tertiary/aromatic N) is 1. The van der Waals surface area contributed by atoms with E-state index in [1.807, 2.05) is 11.8 Å². The standard InChI is InChI=1S/C13H20FN3O2S/c1-2-17(9-10-4-3-7-16-10)13-6-5-11(8-12(13)14)20(15,18)19/h5-6,8,10,16H,2-4,7,9H2,1H3,(H2,15,18,19). The van der Waals surface area contributed by atoms with Gasteiger partial charge in [0.05, 0.1) is 10.6 Å². The van der Waals surface area contributed by atoms with E-state index < -0.39 is 15.8 Å². The lowest BCUT2D eigenvalue weighted by Gasteiger charge is -2.27. The molecule has 0 spiro atoms. The molecule has 1 saturated heterocycles. The number of benzene rings is 1. The summed E-state index contributed by atoms with van der Waals surface area (Å²) in [6.07, 6.45) is 2.21. The Morgan fingerprint density at radius 3 is 2.75 bits per heavy atom. The Morgan fingerprint density at radius 2 is 2.25 bits per heavy atom. The molecule has 1 atom stereocenters. The van der Waals surface area contributed by atoms with Crippen LogP contribution in [0, 0.1) is 5.82 Å². The molecule has 7 heteroatoms. The maximum atomic E-state index is 14.1. The van der Waals surface area contributed by atoms with Crippen LogP contribution >= 0.6 is 0 Å². The van der Waals surface area contributed by atoms with Crippen LogP contribution < -0.4 is 15.4 Å². The molecule has 1 aliphatic rings. The molecule has 1 unspecified atom stereocenters. The van der Waals surface area contributed by atoms with E-state index in [-0.39, 0.29) is 4.90 Å². The normalized spacial score (nSPS) is 19.2. The number of primary sulfonamides is 1. The summed E-state index contributed by atoms with van der Waals surface area (Å²) in [5.41, 5.74) is 0.411. The van der Waals surface area contributed by atoms with E-state index in [1.54, 1.807) is 0 Å². The summed E-state index contributed by atoms with van der Waals surface area (Å²) < 4.78 is 36.5. The van der Waals surface area contributed by atoms with Crippen molar-refractivity contribution in [3.05, 3.63) is 24.0 Å². The van der Waals surface area contributed by atoms with Gasteiger partial charge in [-0.1, -0.05) is 0 Å². The Morgan fingerprint density at radius 1 is 1.50 bits per heavy atom. The fourth-order valence-corrected chi connectivity index (χ4v) is 3.02. The molecule has 0 aliphatic carbocycles. The lowest BCUT2D eigenvalue weighted by molar-refractivity contribution is 0.566. The highest BCUT2D eigenvalue weighted by molar-refractivity contribution is 7.89. The highest BCUT2D eigenvalue weighted by atomic mass is 32.2. The van der Waals surface area contributed by atoms with Crippen molar-refractivity contribution < 1.29 is 12.8 Å². The fraction of sp³-hybridized carbons (Fsp3) is 0.538. The predicted octanol–water partition coefficient (Wildman–Crippen LogP) is 1.05. The second-order valence-electron chi connectivity index (χ2n) is 4.99. The Hall–Kier alpha value is -1.18. The van der Waals surface area contributed by atoms with Gasteiger partial charge < -0.3 is 10.2 Å². The third-order valence-electron chi connectivity index (χ3n) is 3.57. The monoisotopic (exact) mass is 301 g/mol. The molecule has 1 fully saturated rings. The van der Waals surface area contributed by atoms with Crippen molar-refractivity contribution in [3.63, 3.8) is 0 Å². The van der Waals surface area contributed by atoms with E-state index in [2.05, 4.69) is 5.32 Å². The number of hydrogen-bond donors (Lipinski definition) is 2. The number of nitrogens with one attached hydrogen (secondary N) is 1. The molecule has 0 radical (unpaired) electrons. The van der Waals surface area contributed by atoms with Gasteiger partial charge in [-0.25, -0.2) is 17.9 Å². The molecule has 0 amide bonds. The topological polar surface area (TPSA) is 75.4 Å². The summed E-state index contributed by atoms with van der Waals surface area (Å²) in [5, 5.41) is 8.36. The van der Waals surface area contributed by atoms with E-state index >= 15 is 0 Å². The average molecular weight is 301 g/mol. The van der Waals surface area contributed by atoms with Gasteiger partial charge in [-0.2, -0.15) is 0 Å².